The van der Waals surface area contributed by atoms with Gasteiger partial charge < -0.3 is 5.11 Å². The summed E-state index contributed by atoms with van der Waals surface area (Å²) in [7, 11) is -2.02. The molecule has 0 fully saturated rings. The summed E-state index contributed by atoms with van der Waals surface area (Å²) in [5.74, 6) is 0. The van der Waals surface area contributed by atoms with Crippen LogP contribution in [0, 0.1) is 0 Å². The van der Waals surface area contributed by atoms with Crippen molar-refractivity contribution >= 4 is 31.4 Å². The van der Waals surface area contributed by atoms with E-state index in [2.05, 4.69) is 9.82 Å². The second kappa shape index (κ2) is 5.81. The lowest BCUT2D eigenvalue weighted by Crippen LogP contribution is -2.28. The Kier molecular flexibility index (Phi) is 4.00. The summed E-state index contributed by atoms with van der Waals surface area (Å²) >= 11 is 1.52. The zero-order valence-electron chi connectivity index (χ0n) is 11.8. The molecule has 0 radical (unpaired) electrons. The first kappa shape index (κ1) is 15.2. The highest BCUT2D eigenvalue weighted by atomic mass is 32.2. The van der Waals surface area contributed by atoms with E-state index in [4.69, 9.17) is 0 Å². The summed E-state index contributed by atoms with van der Waals surface area (Å²) in [6, 6.07) is 7.71. The maximum Gasteiger partial charge on any atom is 0.243 e. The summed E-state index contributed by atoms with van der Waals surface area (Å²) in [4.78, 5) is 0.0809. The molecule has 1 unspecified atom stereocenters. The molecule has 0 saturated heterocycles. The van der Waals surface area contributed by atoms with Crippen LogP contribution >= 0.6 is 11.3 Å². The van der Waals surface area contributed by atoms with Gasteiger partial charge >= 0.3 is 0 Å². The molecule has 1 aromatic carbocycles. The Balaban J connectivity index is 1.76. The number of aliphatic hydroxyl groups excluding tert-OH is 1. The second-order valence-corrected chi connectivity index (χ2v) is 7.58. The summed E-state index contributed by atoms with van der Waals surface area (Å²) < 4.78 is 29.1. The van der Waals surface area contributed by atoms with E-state index in [0.29, 0.717) is 0 Å². The summed E-state index contributed by atoms with van der Waals surface area (Å²) in [5.41, 5.74) is 0.731. The van der Waals surface area contributed by atoms with Crippen LogP contribution in [-0.2, 0) is 17.1 Å². The van der Waals surface area contributed by atoms with E-state index in [1.165, 1.54) is 28.4 Å². The van der Waals surface area contributed by atoms with Crippen LogP contribution in [0.5, 0.6) is 0 Å². The van der Waals surface area contributed by atoms with Crippen LogP contribution in [0.1, 0.15) is 11.7 Å². The lowest BCUT2D eigenvalue weighted by molar-refractivity contribution is 0.184. The van der Waals surface area contributed by atoms with E-state index in [1.54, 1.807) is 7.05 Å². The van der Waals surface area contributed by atoms with E-state index >= 15 is 0 Å². The van der Waals surface area contributed by atoms with Crippen molar-refractivity contribution in [3.63, 3.8) is 0 Å². The van der Waals surface area contributed by atoms with Gasteiger partial charge in [0.1, 0.15) is 4.90 Å². The number of fused-ring (bicyclic) bond motifs is 1. The normalized spacial score (nSPS) is 13.5. The van der Waals surface area contributed by atoms with Crippen LogP contribution in [0.3, 0.4) is 0 Å². The fourth-order valence-corrected chi connectivity index (χ4v) is 4.21. The summed E-state index contributed by atoms with van der Waals surface area (Å²) in [6.07, 6.45) is 1.78. The zero-order chi connectivity index (χ0) is 15.7. The largest absolute Gasteiger partial charge is 0.387 e. The van der Waals surface area contributed by atoms with Crippen molar-refractivity contribution < 1.29 is 13.5 Å². The molecule has 0 aliphatic carbocycles. The van der Waals surface area contributed by atoms with Gasteiger partial charge in [-0.2, -0.15) is 5.10 Å². The van der Waals surface area contributed by atoms with Gasteiger partial charge in [-0.05, 0) is 16.8 Å². The Bertz CT molecular complexity index is 899. The average molecular weight is 337 g/mol. The molecule has 0 saturated carbocycles. The molecular weight excluding hydrogens is 322 g/mol. The molecule has 0 aliphatic rings. The minimum atomic E-state index is -3.67. The average Bonchev–Trinajstić information content (AvgIpc) is 3.11. The number of hydrogen-bond donors (Lipinski definition) is 2. The Labute approximate surface area is 132 Å². The third-order valence-corrected chi connectivity index (χ3v) is 5.69. The van der Waals surface area contributed by atoms with Gasteiger partial charge in [0.05, 0.1) is 12.3 Å². The van der Waals surface area contributed by atoms with E-state index in [9.17, 15) is 13.5 Å². The van der Waals surface area contributed by atoms with Crippen molar-refractivity contribution in [3.05, 3.63) is 47.6 Å². The van der Waals surface area contributed by atoms with Gasteiger partial charge in [0, 0.05) is 30.1 Å². The van der Waals surface area contributed by atoms with E-state index in [-0.39, 0.29) is 11.4 Å². The van der Waals surface area contributed by atoms with Gasteiger partial charge in [0.2, 0.25) is 10.0 Å². The van der Waals surface area contributed by atoms with Crippen molar-refractivity contribution in [1.82, 2.24) is 14.5 Å². The first-order chi connectivity index (χ1) is 10.5. The zero-order valence-corrected chi connectivity index (χ0v) is 13.4. The van der Waals surface area contributed by atoms with Gasteiger partial charge in [0.15, 0.2) is 0 Å². The van der Waals surface area contributed by atoms with Gasteiger partial charge in [-0.15, -0.1) is 11.3 Å². The molecule has 3 rings (SSSR count). The van der Waals surface area contributed by atoms with Crippen molar-refractivity contribution in [1.29, 1.82) is 0 Å². The van der Waals surface area contributed by atoms with Crippen molar-refractivity contribution in [2.75, 3.05) is 6.54 Å². The minimum Gasteiger partial charge on any atom is -0.387 e. The lowest BCUT2D eigenvalue weighted by Gasteiger charge is -2.11. The quantitative estimate of drug-likeness (QED) is 0.741. The molecule has 6 nitrogen and oxygen atoms in total. The van der Waals surface area contributed by atoms with Crippen LogP contribution in [0.25, 0.3) is 10.1 Å². The lowest BCUT2D eigenvalue weighted by atomic mass is 10.1. The number of benzene rings is 1. The Morgan fingerprint density at radius 3 is 2.91 bits per heavy atom. The SMILES string of the molecule is Cn1cc(S(=O)(=O)NCC(O)c2csc3ccccc23)cn1. The minimum absolute atomic E-state index is 0.0809. The summed E-state index contributed by atoms with van der Waals surface area (Å²) in [6.45, 7) is -0.0854. The fraction of sp³-hybridized carbons (Fsp3) is 0.214. The van der Waals surface area contributed by atoms with Crippen LogP contribution in [0.15, 0.2) is 46.9 Å². The number of nitrogens with zero attached hydrogens (tertiary/aromatic N) is 2. The maximum atomic E-state index is 12.1. The van der Waals surface area contributed by atoms with Gasteiger partial charge in [-0.1, -0.05) is 18.2 Å². The van der Waals surface area contributed by atoms with Crippen LogP contribution < -0.4 is 4.72 Å². The number of sulfonamides is 1. The van der Waals surface area contributed by atoms with Gasteiger partial charge in [-0.25, -0.2) is 13.1 Å². The van der Waals surface area contributed by atoms with Crippen molar-refractivity contribution in [2.45, 2.75) is 11.0 Å². The Morgan fingerprint density at radius 2 is 2.18 bits per heavy atom. The number of hydrogen-bond acceptors (Lipinski definition) is 5. The van der Waals surface area contributed by atoms with E-state index in [1.807, 2.05) is 29.6 Å². The molecule has 0 aliphatic heterocycles. The highest BCUT2D eigenvalue weighted by Crippen LogP contribution is 2.30. The van der Waals surface area contributed by atoms with Crippen molar-refractivity contribution in [2.24, 2.45) is 7.05 Å². The summed E-state index contributed by atoms with van der Waals surface area (Å²) in [5, 5.41) is 16.9. The van der Waals surface area contributed by atoms with Crippen LogP contribution in [-0.4, -0.2) is 29.8 Å². The molecule has 3 aromatic rings. The topological polar surface area (TPSA) is 84.2 Å². The van der Waals surface area contributed by atoms with Gasteiger partial charge in [0.25, 0.3) is 0 Å². The standard InChI is InChI=1S/C14H15N3O3S2/c1-17-8-10(6-15-17)22(19,20)16-7-13(18)12-9-21-14-5-3-2-4-11(12)14/h2-6,8-9,13,16,18H,7H2,1H3. The molecule has 8 heteroatoms. The monoisotopic (exact) mass is 337 g/mol. The highest BCUT2D eigenvalue weighted by Gasteiger charge is 2.19. The maximum absolute atomic E-state index is 12.1. The smallest absolute Gasteiger partial charge is 0.243 e. The molecule has 2 N–H and O–H groups in total. The number of aryl methyl sites for hydroxylation is 1. The second-order valence-electron chi connectivity index (χ2n) is 4.90. The first-order valence-corrected chi connectivity index (χ1v) is 8.96. The first-order valence-electron chi connectivity index (χ1n) is 6.60. The predicted octanol–water partition coefficient (Wildman–Crippen LogP) is 1.65. The van der Waals surface area contributed by atoms with E-state index < -0.39 is 16.1 Å². The Hall–Kier alpha value is -1.74. The van der Waals surface area contributed by atoms with E-state index in [0.717, 1.165) is 15.6 Å². The molecular formula is C14H15N3O3S2. The molecule has 1 atom stereocenters. The highest BCUT2D eigenvalue weighted by molar-refractivity contribution is 7.89. The van der Waals surface area contributed by atoms with Crippen LogP contribution in [0.4, 0.5) is 0 Å². The third-order valence-electron chi connectivity index (χ3n) is 3.33. The predicted molar refractivity (Wildman–Crippen MR) is 85.2 cm³/mol. The third kappa shape index (κ3) is 2.91. The Morgan fingerprint density at radius 1 is 1.41 bits per heavy atom. The number of aliphatic hydroxyl groups is 1. The van der Waals surface area contributed by atoms with Crippen molar-refractivity contribution in [3.8, 4) is 0 Å². The number of thiophene rings is 1. The van der Waals surface area contributed by atoms with Gasteiger partial charge in [-0.3, -0.25) is 4.68 Å². The molecule has 2 aromatic heterocycles. The molecule has 0 spiro atoms. The number of aromatic nitrogens is 2. The molecule has 2 heterocycles. The number of rotatable bonds is 5. The fourth-order valence-electron chi connectivity index (χ4n) is 2.18. The molecule has 0 amide bonds. The molecule has 116 valence electrons. The van der Waals surface area contributed by atoms with Crippen LogP contribution in [0.2, 0.25) is 0 Å². The molecule has 0 bridgehead atoms. The molecule has 22 heavy (non-hydrogen) atoms. The number of nitrogens with one attached hydrogen (secondary N) is 1.